The third-order valence-corrected chi connectivity index (χ3v) is 2.98. The van der Waals surface area contributed by atoms with Gasteiger partial charge in [-0.1, -0.05) is 24.9 Å². The minimum Gasteiger partial charge on any atom is -0.352 e. The molecule has 0 aliphatic rings. The number of aromatic nitrogens is 1. The molecule has 2 N–H and O–H groups in total. The van der Waals surface area contributed by atoms with E-state index in [-0.39, 0.29) is 23.0 Å². The minimum absolute atomic E-state index is 0.0309. The molecule has 0 radical (unpaired) electrons. The lowest BCUT2D eigenvalue weighted by atomic mass is 10.1. The molecule has 1 unspecified atom stereocenters. The monoisotopic (exact) mass is 311 g/mol. The van der Waals surface area contributed by atoms with Crippen LogP contribution in [0.15, 0.2) is 12.1 Å². The molecule has 0 aliphatic heterocycles. The summed E-state index contributed by atoms with van der Waals surface area (Å²) in [7, 11) is 0. The van der Waals surface area contributed by atoms with Crippen LogP contribution in [0.1, 0.15) is 50.2 Å². The van der Waals surface area contributed by atoms with Gasteiger partial charge in [-0.25, -0.2) is 4.98 Å². The Hall–Kier alpha value is -1.62. The predicted molar refractivity (Wildman–Crippen MR) is 83.4 cm³/mol. The van der Waals surface area contributed by atoms with Crippen molar-refractivity contribution in [3.63, 3.8) is 0 Å². The van der Waals surface area contributed by atoms with Gasteiger partial charge in [-0.05, 0) is 39.3 Å². The lowest BCUT2D eigenvalue weighted by Gasteiger charge is -2.16. The molecule has 21 heavy (non-hydrogen) atoms. The molecule has 0 saturated carbocycles. The standard InChI is InChI=1S/C15H22ClN3O2/c1-5-6-12-7-11(8-13(16)19-12)15(21)18-10(4)14(20)17-9(2)3/h7-10H,5-6H2,1-4H3,(H,17,20)(H,18,21). The zero-order valence-electron chi connectivity index (χ0n) is 12.9. The molecule has 0 bridgehead atoms. The number of carbonyl (C=O) groups is 2. The van der Waals surface area contributed by atoms with E-state index in [2.05, 4.69) is 15.6 Å². The maximum absolute atomic E-state index is 12.2. The van der Waals surface area contributed by atoms with Gasteiger partial charge in [0.15, 0.2) is 0 Å². The number of hydrogen-bond acceptors (Lipinski definition) is 3. The number of aryl methyl sites for hydroxylation is 1. The Bertz CT molecular complexity index is 518. The van der Waals surface area contributed by atoms with Gasteiger partial charge in [0.2, 0.25) is 5.91 Å². The SMILES string of the molecule is CCCc1cc(C(=O)NC(C)C(=O)NC(C)C)cc(Cl)n1. The van der Waals surface area contributed by atoms with Crippen LogP contribution in [0.4, 0.5) is 0 Å². The molecule has 0 aromatic carbocycles. The number of nitrogens with zero attached hydrogens (tertiary/aromatic N) is 1. The fraction of sp³-hybridized carbons (Fsp3) is 0.533. The summed E-state index contributed by atoms with van der Waals surface area (Å²) in [5.41, 5.74) is 1.19. The van der Waals surface area contributed by atoms with Gasteiger partial charge >= 0.3 is 0 Å². The van der Waals surface area contributed by atoms with Crippen molar-refractivity contribution in [1.29, 1.82) is 0 Å². The first-order valence-corrected chi connectivity index (χ1v) is 7.49. The number of halogens is 1. The van der Waals surface area contributed by atoms with Gasteiger partial charge in [0.25, 0.3) is 5.91 Å². The average Bonchev–Trinajstić information content (AvgIpc) is 2.37. The molecular formula is C15H22ClN3O2. The Morgan fingerprint density at radius 1 is 1.24 bits per heavy atom. The number of carbonyl (C=O) groups excluding carboxylic acids is 2. The van der Waals surface area contributed by atoms with Crippen molar-refractivity contribution in [1.82, 2.24) is 15.6 Å². The van der Waals surface area contributed by atoms with Crippen LogP contribution in [0.5, 0.6) is 0 Å². The van der Waals surface area contributed by atoms with Gasteiger partial charge in [-0.15, -0.1) is 0 Å². The highest BCUT2D eigenvalue weighted by Gasteiger charge is 2.18. The van der Waals surface area contributed by atoms with Crippen LogP contribution >= 0.6 is 11.6 Å². The smallest absolute Gasteiger partial charge is 0.252 e. The largest absolute Gasteiger partial charge is 0.352 e. The highest BCUT2D eigenvalue weighted by molar-refractivity contribution is 6.29. The molecule has 1 aromatic rings. The number of hydrogen-bond donors (Lipinski definition) is 2. The summed E-state index contributed by atoms with van der Waals surface area (Å²) in [4.78, 5) is 28.1. The summed E-state index contributed by atoms with van der Waals surface area (Å²) in [5, 5.41) is 5.69. The Labute approximate surface area is 130 Å². The van der Waals surface area contributed by atoms with Crippen molar-refractivity contribution in [2.45, 2.75) is 52.6 Å². The molecule has 0 saturated heterocycles. The van der Waals surface area contributed by atoms with Crippen LogP contribution in [0.25, 0.3) is 0 Å². The summed E-state index contributed by atoms with van der Waals surface area (Å²) in [6.45, 7) is 7.41. The van der Waals surface area contributed by atoms with E-state index >= 15 is 0 Å². The summed E-state index contributed by atoms with van der Waals surface area (Å²) in [6, 6.07) is 2.63. The van der Waals surface area contributed by atoms with Crippen LogP contribution in [0, 0.1) is 0 Å². The first-order valence-electron chi connectivity index (χ1n) is 7.11. The quantitative estimate of drug-likeness (QED) is 0.792. The number of nitrogens with one attached hydrogen (secondary N) is 2. The first-order chi connectivity index (χ1) is 9.83. The number of rotatable bonds is 6. The van der Waals surface area contributed by atoms with Crippen molar-refractivity contribution in [3.05, 3.63) is 28.5 Å². The maximum Gasteiger partial charge on any atom is 0.252 e. The minimum atomic E-state index is -0.610. The second-order valence-electron chi connectivity index (χ2n) is 5.28. The van der Waals surface area contributed by atoms with Crippen molar-refractivity contribution >= 4 is 23.4 Å². The topological polar surface area (TPSA) is 71.1 Å². The molecule has 0 spiro atoms. The van der Waals surface area contributed by atoms with E-state index in [1.165, 1.54) is 6.07 Å². The zero-order valence-corrected chi connectivity index (χ0v) is 13.6. The lowest BCUT2D eigenvalue weighted by Crippen LogP contribution is -2.46. The van der Waals surface area contributed by atoms with E-state index in [1.54, 1.807) is 13.0 Å². The van der Waals surface area contributed by atoms with Crippen molar-refractivity contribution < 1.29 is 9.59 Å². The summed E-state index contributed by atoms with van der Waals surface area (Å²) < 4.78 is 0. The fourth-order valence-corrected chi connectivity index (χ4v) is 2.05. The maximum atomic E-state index is 12.2. The van der Waals surface area contributed by atoms with E-state index in [0.717, 1.165) is 18.5 Å². The molecule has 2 amide bonds. The molecule has 0 aliphatic carbocycles. The lowest BCUT2D eigenvalue weighted by molar-refractivity contribution is -0.123. The van der Waals surface area contributed by atoms with Gasteiger partial charge in [-0.3, -0.25) is 9.59 Å². The Morgan fingerprint density at radius 2 is 1.90 bits per heavy atom. The van der Waals surface area contributed by atoms with Crippen LogP contribution in [-0.2, 0) is 11.2 Å². The van der Waals surface area contributed by atoms with Crippen molar-refractivity contribution in [2.24, 2.45) is 0 Å². The Morgan fingerprint density at radius 3 is 2.48 bits per heavy atom. The molecule has 1 heterocycles. The van der Waals surface area contributed by atoms with Gasteiger partial charge in [0.05, 0.1) is 0 Å². The molecule has 5 nitrogen and oxygen atoms in total. The van der Waals surface area contributed by atoms with Crippen molar-refractivity contribution in [2.75, 3.05) is 0 Å². The second-order valence-corrected chi connectivity index (χ2v) is 5.67. The summed E-state index contributed by atoms with van der Waals surface area (Å²) in [5.74, 6) is -0.546. The second kappa shape index (κ2) is 7.98. The van der Waals surface area contributed by atoms with E-state index in [9.17, 15) is 9.59 Å². The van der Waals surface area contributed by atoms with Crippen LogP contribution in [-0.4, -0.2) is 28.9 Å². The summed E-state index contributed by atoms with van der Waals surface area (Å²) >= 11 is 5.93. The normalized spacial score (nSPS) is 12.1. The molecule has 116 valence electrons. The van der Waals surface area contributed by atoms with Crippen LogP contribution < -0.4 is 10.6 Å². The Kier molecular flexibility index (Phi) is 6.62. The Balaban J connectivity index is 2.77. The summed E-state index contributed by atoms with van der Waals surface area (Å²) in [6.07, 6.45) is 1.67. The van der Waals surface area contributed by atoms with E-state index in [0.29, 0.717) is 5.56 Å². The predicted octanol–water partition coefficient (Wildman–Crippen LogP) is 2.33. The van der Waals surface area contributed by atoms with Gasteiger partial charge in [-0.2, -0.15) is 0 Å². The van der Waals surface area contributed by atoms with Crippen LogP contribution in [0.2, 0.25) is 5.15 Å². The number of pyridine rings is 1. The fourth-order valence-electron chi connectivity index (χ4n) is 1.82. The van der Waals surface area contributed by atoms with Gasteiger partial charge < -0.3 is 10.6 Å². The third-order valence-electron chi connectivity index (χ3n) is 2.79. The highest BCUT2D eigenvalue weighted by Crippen LogP contribution is 2.12. The van der Waals surface area contributed by atoms with E-state index in [1.807, 2.05) is 20.8 Å². The van der Waals surface area contributed by atoms with E-state index in [4.69, 9.17) is 11.6 Å². The molecule has 1 aromatic heterocycles. The van der Waals surface area contributed by atoms with E-state index < -0.39 is 6.04 Å². The van der Waals surface area contributed by atoms with Gasteiger partial charge in [0, 0.05) is 17.3 Å². The van der Waals surface area contributed by atoms with Gasteiger partial charge in [0.1, 0.15) is 11.2 Å². The highest BCUT2D eigenvalue weighted by atomic mass is 35.5. The average molecular weight is 312 g/mol. The molecule has 0 fully saturated rings. The molecular weight excluding hydrogens is 290 g/mol. The number of amides is 2. The van der Waals surface area contributed by atoms with Crippen LogP contribution in [0.3, 0.4) is 0 Å². The molecule has 1 rings (SSSR count). The van der Waals surface area contributed by atoms with Crippen molar-refractivity contribution in [3.8, 4) is 0 Å². The third kappa shape index (κ3) is 5.71. The molecule has 6 heteroatoms. The first kappa shape index (κ1) is 17.4. The zero-order chi connectivity index (χ0) is 16.0. The molecule has 1 atom stereocenters.